The molecule has 1 heterocycles. The van der Waals surface area contributed by atoms with Crippen LogP contribution >= 0.6 is 0 Å². The van der Waals surface area contributed by atoms with Gasteiger partial charge in [-0.2, -0.15) is 0 Å². The number of carbonyl (C=O) groups excluding carboxylic acids is 1. The summed E-state index contributed by atoms with van der Waals surface area (Å²) in [5.74, 6) is 0.872. The smallest absolute Gasteiger partial charge is 0.258 e. The number of hydrogen-bond donors (Lipinski definition) is 2. The molecular weight excluding hydrogens is 364 g/mol. The normalized spacial score (nSPS) is 16.7. The van der Waals surface area contributed by atoms with Crippen molar-refractivity contribution in [2.45, 2.75) is 71.3 Å². The molecule has 1 aliphatic rings. The summed E-state index contributed by atoms with van der Waals surface area (Å²) < 4.78 is 1.62. The molecular formula is C24H34N2O3. The molecule has 0 unspecified atom stereocenters. The Bertz CT molecular complexity index is 879. The van der Waals surface area contributed by atoms with Gasteiger partial charge in [-0.15, -0.1) is 0 Å². The number of aliphatic hydroxyl groups is 1. The van der Waals surface area contributed by atoms with E-state index in [1.807, 2.05) is 18.2 Å². The average molecular weight is 399 g/mol. The first kappa shape index (κ1) is 21.6. The van der Waals surface area contributed by atoms with Gasteiger partial charge in [0.25, 0.3) is 5.56 Å². The summed E-state index contributed by atoms with van der Waals surface area (Å²) in [7, 11) is 0. The lowest BCUT2D eigenvalue weighted by Crippen LogP contribution is -2.27. The molecule has 1 saturated carbocycles. The van der Waals surface area contributed by atoms with E-state index in [9.17, 15) is 14.7 Å². The second-order valence-corrected chi connectivity index (χ2v) is 8.87. The Morgan fingerprint density at radius 1 is 1.14 bits per heavy atom. The Kier molecular flexibility index (Phi) is 7.48. The van der Waals surface area contributed by atoms with Gasteiger partial charge in [0, 0.05) is 29.1 Å². The SMILES string of the molecule is CC(C)C[C@H](CO)n1ccc2c(NC(=O)CC3CCCCCC3)cccc2c1=O. The minimum atomic E-state index is -0.236. The summed E-state index contributed by atoms with van der Waals surface area (Å²) in [4.78, 5) is 25.7. The zero-order chi connectivity index (χ0) is 20.8. The number of fused-ring (bicyclic) bond motifs is 1. The molecule has 2 N–H and O–H groups in total. The van der Waals surface area contributed by atoms with E-state index in [0.29, 0.717) is 29.3 Å². The molecule has 0 saturated heterocycles. The number of hydrogen-bond acceptors (Lipinski definition) is 3. The van der Waals surface area contributed by atoms with Crippen molar-refractivity contribution in [1.29, 1.82) is 0 Å². The Balaban J connectivity index is 1.81. The quantitative estimate of drug-likeness (QED) is 0.653. The lowest BCUT2D eigenvalue weighted by Gasteiger charge is -2.20. The summed E-state index contributed by atoms with van der Waals surface area (Å²) in [5, 5.41) is 14.1. The molecule has 2 aromatic rings. The lowest BCUT2D eigenvalue weighted by molar-refractivity contribution is -0.117. The van der Waals surface area contributed by atoms with Crippen LogP contribution in [-0.4, -0.2) is 22.2 Å². The maximum absolute atomic E-state index is 13.0. The Morgan fingerprint density at radius 3 is 2.52 bits per heavy atom. The van der Waals surface area contributed by atoms with Crippen LogP contribution in [0, 0.1) is 11.8 Å². The molecule has 1 aromatic heterocycles. The van der Waals surface area contributed by atoms with Gasteiger partial charge in [0.1, 0.15) is 0 Å². The van der Waals surface area contributed by atoms with E-state index < -0.39 is 0 Å². The highest BCUT2D eigenvalue weighted by atomic mass is 16.3. The van der Waals surface area contributed by atoms with Crippen molar-refractivity contribution < 1.29 is 9.90 Å². The van der Waals surface area contributed by atoms with Gasteiger partial charge in [-0.1, -0.05) is 45.6 Å². The predicted molar refractivity (Wildman–Crippen MR) is 118 cm³/mol. The zero-order valence-corrected chi connectivity index (χ0v) is 17.7. The maximum Gasteiger partial charge on any atom is 0.258 e. The number of rotatable bonds is 7. The van der Waals surface area contributed by atoms with E-state index in [1.165, 1.54) is 25.7 Å². The summed E-state index contributed by atoms with van der Waals surface area (Å²) in [6, 6.07) is 7.10. The van der Waals surface area contributed by atoms with Gasteiger partial charge in [-0.3, -0.25) is 9.59 Å². The highest BCUT2D eigenvalue weighted by Gasteiger charge is 2.18. The molecule has 5 heteroatoms. The standard InChI is InChI=1S/C24H34N2O3/c1-17(2)14-19(16-27)26-13-12-20-21(24(26)29)10-7-11-22(20)25-23(28)15-18-8-5-3-4-6-9-18/h7,10-13,17-19,27H,3-6,8-9,14-16H2,1-2H3,(H,25,28)/t19-/m1/s1. The van der Waals surface area contributed by atoms with Gasteiger partial charge >= 0.3 is 0 Å². The number of aromatic nitrogens is 1. The van der Waals surface area contributed by atoms with Crippen molar-refractivity contribution in [3.63, 3.8) is 0 Å². The number of amides is 1. The monoisotopic (exact) mass is 398 g/mol. The van der Waals surface area contributed by atoms with Crippen LogP contribution in [0.4, 0.5) is 5.69 Å². The molecule has 1 aliphatic carbocycles. The second kappa shape index (κ2) is 10.1. The lowest BCUT2D eigenvalue weighted by atomic mass is 9.96. The highest BCUT2D eigenvalue weighted by Crippen LogP contribution is 2.27. The molecule has 0 aliphatic heterocycles. The van der Waals surface area contributed by atoms with E-state index in [4.69, 9.17) is 0 Å². The highest BCUT2D eigenvalue weighted by molar-refractivity contribution is 6.01. The predicted octanol–water partition coefficient (Wildman–Crippen LogP) is 4.88. The van der Waals surface area contributed by atoms with Crippen molar-refractivity contribution in [2.75, 3.05) is 11.9 Å². The molecule has 1 aromatic carbocycles. The van der Waals surface area contributed by atoms with Crippen LogP contribution in [0.3, 0.4) is 0 Å². The van der Waals surface area contributed by atoms with E-state index in [2.05, 4.69) is 19.2 Å². The fraction of sp³-hybridized carbons (Fsp3) is 0.583. The van der Waals surface area contributed by atoms with Crippen LogP contribution in [0.15, 0.2) is 35.3 Å². The third-order valence-electron chi connectivity index (χ3n) is 6.04. The number of carbonyl (C=O) groups is 1. The first-order chi connectivity index (χ1) is 14.0. The Hall–Kier alpha value is -2.14. The van der Waals surface area contributed by atoms with Crippen LogP contribution in [0.5, 0.6) is 0 Å². The first-order valence-electron chi connectivity index (χ1n) is 11.0. The molecule has 3 rings (SSSR count). The first-order valence-corrected chi connectivity index (χ1v) is 11.0. The summed E-state index contributed by atoms with van der Waals surface area (Å²) >= 11 is 0. The number of benzene rings is 1. The minimum Gasteiger partial charge on any atom is -0.394 e. The van der Waals surface area contributed by atoms with Crippen LogP contribution in [0.2, 0.25) is 0 Å². The molecule has 29 heavy (non-hydrogen) atoms. The van der Waals surface area contributed by atoms with Crippen molar-refractivity contribution in [3.8, 4) is 0 Å². The summed E-state index contributed by atoms with van der Waals surface area (Å²) in [6.07, 6.45) is 10.3. The number of nitrogens with one attached hydrogen (secondary N) is 1. The van der Waals surface area contributed by atoms with Crippen molar-refractivity contribution >= 4 is 22.4 Å². The molecule has 1 atom stereocenters. The molecule has 1 fully saturated rings. The number of nitrogens with zero attached hydrogens (tertiary/aromatic N) is 1. The third-order valence-corrected chi connectivity index (χ3v) is 6.04. The largest absolute Gasteiger partial charge is 0.394 e. The number of aliphatic hydroxyl groups excluding tert-OH is 1. The van der Waals surface area contributed by atoms with Crippen LogP contribution < -0.4 is 10.9 Å². The second-order valence-electron chi connectivity index (χ2n) is 8.87. The summed E-state index contributed by atoms with van der Waals surface area (Å²) in [5.41, 5.74) is 0.567. The number of pyridine rings is 1. The van der Waals surface area contributed by atoms with Crippen LogP contribution in [0.1, 0.15) is 71.3 Å². The van der Waals surface area contributed by atoms with Gasteiger partial charge in [0.15, 0.2) is 0 Å². The Morgan fingerprint density at radius 2 is 1.86 bits per heavy atom. The molecule has 0 bridgehead atoms. The van der Waals surface area contributed by atoms with Crippen molar-refractivity contribution in [2.24, 2.45) is 11.8 Å². The minimum absolute atomic E-state index is 0.0293. The molecule has 0 radical (unpaired) electrons. The van der Waals surface area contributed by atoms with E-state index in [0.717, 1.165) is 24.6 Å². The molecule has 1 amide bonds. The van der Waals surface area contributed by atoms with Gasteiger partial charge in [0.2, 0.25) is 5.91 Å². The van der Waals surface area contributed by atoms with Crippen molar-refractivity contribution in [3.05, 3.63) is 40.8 Å². The fourth-order valence-corrected chi connectivity index (χ4v) is 4.54. The van der Waals surface area contributed by atoms with Crippen LogP contribution in [0.25, 0.3) is 10.8 Å². The molecule has 158 valence electrons. The Labute approximate surface area is 173 Å². The van der Waals surface area contributed by atoms with Gasteiger partial charge in [-0.05, 0) is 49.3 Å². The van der Waals surface area contributed by atoms with E-state index >= 15 is 0 Å². The molecule has 5 nitrogen and oxygen atoms in total. The van der Waals surface area contributed by atoms with Gasteiger partial charge < -0.3 is 15.0 Å². The van der Waals surface area contributed by atoms with Gasteiger partial charge in [-0.25, -0.2) is 0 Å². The fourth-order valence-electron chi connectivity index (χ4n) is 4.54. The number of anilines is 1. The average Bonchev–Trinajstić information content (AvgIpc) is 2.95. The third kappa shape index (κ3) is 5.47. The van der Waals surface area contributed by atoms with E-state index in [1.54, 1.807) is 16.8 Å². The zero-order valence-electron chi connectivity index (χ0n) is 17.7. The maximum atomic E-state index is 13.0. The summed E-state index contributed by atoms with van der Waals surface area (Å²) in [6.45, 7) is 4.09. The molecule has 0 spiro atoms. The van der Waals surface area contributed by atoms with Gasteiger partial charge in [0.05, 0.1) is 12.6 Å². The van der Waals surface area contributed by atoms with Crippen LogP contribution in [-0.2, 0) is 4.79 Å². The topological polar surface area (TPSA) is 71.3 Å². The van der Waals surface area contributed by atoms with Crippen molar-refractivity contribution in [1.82, 2.24) is 4.57 Å². The van der Waals surface area contributed by atoms with E-state index in [-0.39, 0.29) is 24.1 Å².